The molecule has 0 radical (unpaired) electrons. The number of ether oxygens (including phenoxy) is 1. The van der Waals surface area contributed by atoms with Gasteiger partial charge in [0.05, 0.1) is 12.3 Å². The van der Waals surface area contributed by atoms with Crippen LogP contribution in [0.5, 0.6) is 5.75 Å². The van der Waals surface area contributed by atoms with Gasteiger partial charge in [-0.25, -0.2) is 4.39 Å². The molecule has 0 bridgehead atoms. The lowest BCUT2D eigenvalue weighted by Gasteiger charge is -2.06. The summed E-state index contributed by atoms with van der Waals surface area (Å²) in [6.07, 6.45) is 0.914. The number of hydrogen-bond donors (Lipinski definition) is 1. The minimum absolute atomic E-state index is 0. The highest BCUT2D eigenvalue weighted by Gasteiger charge is 2.00. The summed E-state index contributed by atoms with van der Waals surface area (Å²) in [6.45, 7) is 2.61. The molecular formula is C9H13BrFNO. The Bertz CT molecular complexity index is 268. The normalized spacial score (nSPS) is 9.08. The third kappa shape index (κ3) is 3.63. The largest absolute Gasteiger partial charge is 0.491 e. The van der Waals surface area contributed by atoms with Crippen LogP contribution in [0, 0.1) is 5.82 Å². The molecule has 0 saturated heterocycles. The van der Waals surface area contributed by atoms with Crippen molar-refractivity contribution < 1.29 is 9.13 Å². The Balaban J connectivity index is 0.00000144. The number of nitrogens with two attached hydrogens (primary N) is 1. The fraction of sp³-hybridized carbons (Fsp3) is 0.333. The Labute approximate surface area is 87.7 Å². The average Bonchev–Trinajstić information content (AvgIpc) is 2.03. The van der Waals surface area contributed by atoms with Crippen molar-refractivity contribution in [3.8, 4) is 5.75 Å². The van der Waals surface area contributed by atoms with Crippen LogP contribution in [0.3, 0.4) is 0 Å². The van der Waals surface area contributed by atoms with Gasteiger partial charge in [0.25, 0.3) is 0 Å². The van der Waals surface area contributed by atoms with Crippen LogP contribution in [0.1, 0.15) is 13.3 Å². The molecule has 0 heterocycles. The number of benzene rings is 1. The first-order chi connectivity index (χ1) is 5.74. The summed E-state index contributed by atoms with van der Waals surface area (Å²) >= 11 is 0. The minimum Gasteiger partial charge on any atom is -0.491 e. The second kappa shape index (κ2) is 5.80. The number of rotatable bonds is 3. The van der Waals surface area contributed by atoms with Crippen LogP contribution in [0.2, 0.25) is 0 Å². The van der Waals surface area contributed by atoms with Crippen LogP contribution in [0.25, 0.3) is 0 Å². The van der Waals surface area contributed by atoms with Gasteiger partial charge in [0.2, 0.25) is 0 Å². The van der Waals surface area contributed by atoms with E-state index in [0.29, 0.717) is 18.0 Å². The van der Waals surface area contributed by atoms with E-state index in [0.717, 1.165) is 6.42 Å². The van der Waals surface area contributed by atoms with E-state index in [1.807, 2.05) is 6.92 Å². The van der Waals surface area contributed by atoms with Crippen LogP contribution >= 0.6 is 17.0 Å². The molecule has 13 heavy (non-hydrogen) atoms. The molecule has 2 N–H and O–H groups in total. The van der Waals surface area contributed by atoms with Crippen LogP contribution in [-0.2, 0) is 0 Å². The maximum atomic E-state index is 12.5. The maximum absolute atomic E-state index is 12.5. The molecule has 0 aliphatic heterocycles. The summed E-state index contributed by atoms with van der Waals surface area (Å²) in [5, 5.41) is 0. The van der Waals surface area contributed by atoms with Gasteiger partial charge in [-0.15, -0.1) is 17.0 Å². The zero-order valence-corrected chi connectivity index (χ0v) is 9.13. The zero-order valence-electron chi connectivity index (χ0n) is 7.42. The summed E-state index contributed by atoms with van der Waals surface area (Å²) in [5.41, 5.74) is 5.85. The highest BCUT2D eigenvalue weighted by molar-refractivity contribution is 8.93. The predicted molar refractivity (Wildman–Crippen MR) is 56.9 cm³/mol. The topological polar surface area (TPSA) is 35.2 Å². The highest BCUT2D eigenvalue weighted by atomic mass is 79.9. The van der Waals surface area contributed by atoms with Gasteiger partial charge < -0.3 is 10.5 Å². The molecule has 0 aliphatic rings. The number of nitrogen functional groups attached to an aromatic ring is 1. The van der Waals surface area contributed by atoms with Crippen molar-refractivity contribution >= 4 is 22.7 Å². The molecule has 0 saturated carbocycles. The third-order valence-electron chi connectivity index (χ3n) is 1.43. The quantitative estimate of drug-likeness (QED) is 0.837. The molecule has 4 heteroatoms. The SMILES string of the molecule is Br.CCCOc1ccc(F)cc1N. The van der Waals surface area contributed by atoms with Crippen molar-refractivity contribution in [2.45, 2.75) is 13.3 Å². The van der Waals surface area contributed by atoms with E-state index in [9.17, 15) is 4.39 Å². The molecule has 2 nitrogen and oxygen atoms in total. The summed E-state index contributed by atoms with van der Waals surface area (Å²) in [4.78, 5) is 0. The van der Waals surface area contributed by atoms with Gasteiger partial charge >= 0.3 is 0 Å². The van der Waals surface area contributed by atoms with Crippen molar-refractivity contribution in [1.82, 2.24) is 0 Å². The maximum Gasteiger partial charge on any atom is 0.142 e. The van der Waals surface area contributed by atoms with Crippen molar-refractivity contribution in [2.75, 3.05) is 12.3 Å². The van der Waals surface area contributed by atoms with E-state index in [-0.39, 0.29) is 22.8 Å². The number of hydrogen-bond acceptors (Lipinski definition) is 2. The van der Waals surface area contributed by atoms with E-state index in [1.165, 1.54) is 12.1 Å². The first kappa shape index (κ1) is 12.2. The van der Waals surface area contributed by atoms with Crippen LogP contribution < -0.4 is 10.5 Å². The van der Waals surface area contributed by atoms with Gasteiger partial charge in [-0.2, -0.15) is 0 Å². The van der Waals surface area contributed by atoms with Crippen molar-refractivity contribution in [3.63, 3.8) is 0 Å². The van der Waals surface area contributed by atoms with Crippen molar-refractivity contribution in [1.29, 1.82) is 0 Å². The summed E-state index contributed by atoms with van der Waals surface area (Å²) < 4.78 is 17.8. The third-order valence-corrected chi connectivity index (χ3v) is 1.43. The smallest absolute Gasteiger partial charge is 0.142 e. The molecule has 0 aliphatic carbocycles. The fourth-order valence-electron chi connectivity index (χ4n) is 0.863. The molecule has 0 aromatic heterocycles. The molecular weight excluding hydrogens is 237 g/mol. The Hall–Kier alpha value is -0.770. The monoisotopic (exact) mass is 249 g/mol. The van der Waals surface area contributed by atoms with Crippen LogP contribution in [0.15, 0.2) is 18.2 Å². The molecule has 74 valence electrons. The van der Waals surface area contributed by atoms with Gasteiger partial charge in [-0.05, 0) is 18.6 Å². The molecule has 0 atom stereocenters. The van der Waals surface area contributed by atoms with E-state index >= 15 is 0 Å². The molecule has 0 unspecified atom stereocenters. The summed E-state index contributed by atoms with van der Waals surface area (Å²) in [7, 11) is 0. The van der Waals surface area contributed by atoms with Crippen molar-refractivity contribution in [2.24, 2.45) is 0 Å². The zero-order chi connectivity index (χ0) is 8.97. The Morgan fingerprint density at radius 1 is 1.46 bits per heavy atom. The van der Waals surface area contributed by atoms with Crippen molar-refractivity contribution in [3.05, 3.63) is 24.0 Å². The van der Waals surface area contributed by atoms with E-state index in [2.05, 4.69) is 0 Å². The molecule has 1 aromatic rings. The first-order valence-electron chi connectivity index (χ1n) is 3.92. The first-order valence-corrected chi connectivity index (χ1v) is 3.92. The standard InChI is InChI=1S/C9H12FNO.BrH/c1-2-5-12-9-4-3-7(10)6-8(9)11;/h3-4,6H,2,5,11H2,1H3;1H. The van der Waals surface area contributed by atoms with E-state index in [4.69, 9.17) is 10.5 Å². The predicted octanol–water partition coefficient (Wildman–Crippen LogP) is 2.77. The lowest BCUT2D eigenvalue weighted by Crippen LogP contribution is -1.99. The second-order valence-electron chi connectivity index (χ2n) is 2.53. The van der Waals surface area contributed by atoms with Gasteiger partial charge in [0.1, 0.15) is 11.6 Å². The summed E-state index contributed by atoms with van der Waals surface area (Å²) in [6, 6.07) is 4.13. The molecule has 0 spiro atoms. The Morgan fingerprint density at radius 3 is 2.69 bits per heavy atom. The van der Waals surface area contributed by atoms with Crippen LogP contribution in [0.4, 0.5) is 10.1 Å². The second-order valence-corrected chi connectivity index (χ2v) is 2.53. The Kier molecular flexibility index (Phi) is 5.46. The fourth-order valence-corrected chi connectivity index (χ4v) is 0.863. The van der Waals surface area contributed by atoms with Gasteiger partial charge in [-0.3, -0.25) is 0 Å². The average molecular weight is 250 g/mol. The van der Waals surface area contributed by atoms with Crippen LogP contribution in [-0.4, -0.2) is 6.61 Å². The van der Waals surface area contributed by atoms with Gasteiger partial charge in [-0.1, -0.05) is 6.92 Å². The lowest BCUT2D eigenvalue weighted by molar-refractivity contribution is 0.318. The molecule has 0 fully saturated rings. The lowest BCUT2D eigenvalue weighted by atomic mass is 10.3. The van der Waals surface area contributed by atoms with E-state index in [1.54, 1.807) is 6.07 Å². The van der Waals surface area contributed by atoms with Gasteiger partial charge in [0.15, 0.2) is 0 Å². The molecule has 1 rings (SSSR count). The van der Waals surface area contributed by atoms with Gasteiger partial charge in [0, 0.05) is 6.07 Å². The molecule has 0 amide bonds. The highest BCUT2D eigenvalue weighted by Crippen LogP contribution is 2.21. The Morgan fingerprint density at radius 2 is 2.15 bits per heavy atom. The molecule has 1 aromatic carbocycles. The van der Waals surface area contributed by atoms with E-state index < -0.39 is 0 Å². The number of halogens is 2. The number of anilines is 1. The summed E-state index contributed by atoms with van der Waals surface area (Å²) in [5.74, 6) is 0.217. The minimum atomic E-state index is -0.337.